The van der Waals surface area contributed by atoms with E-state index in [-0.39, 0.29) is 11.4 Å². The molecule has 3 aromatic rings. The number of nitrogens with zero attached hydrogens (tertiary/aromatic N) is 1. The zero-order valence-electron chi connectivity index (χ0n) is 16.2. The first kappa shape index (κ1) is 18.6. The molecule has 0 saturated carbocycles. The van der Waals surface area contributed by atoms with Gasteiger partial charge in [-0.05, 0) is 28.1 Å². The highest BCUT2D eigenvalue weighted by Crippen LogP contribution is 2.47. The van der Waals surface area contributed by atoms with Gasteiger partial charge in [-0.2, -0.15) is 0 Å². The lowest BCUT2D eigenvalue weighted by molar-refractivity contribution is -0.130. The number of nitrogens with one attached hydrogen (secondary N) is 1. The fourth-order valence-electron chi connectivity index (χ4n) is 4.59. The van der Waals surface area contributed by atoms with Gasteiger partial charge in [0.1, 0.15) is 6.10 Å². The van der Waals surface area contributed by atoms with Crippen molar-refractivity contribution in [2.24, 2.45) is 0 Å². The predicted molar refractivity (Wildman–Crippen MR) is 114 cm³/mol. The van der Waals surface area contributed by atoms with E-state index in [2.05, 4.69) is 58.7 Å². The number of rotatable bonds is 5. The molecule has 0 radical (unpaired) electrons. The molecular formula is C24H24N2O2S. The molecule has 0 unspecified atom stereocenters. The molecule has 5 heteroatoms. The number of carbonyl (C=O) groups is 1. The normalized spacial score (nSPS) is 23.4. The van der Waals surface area contributed by atoms with Gasteiger partial charge in [-0.3, -0.25) is 9.69 Å². The van der Waals surface area contributed by atoms with E-state index >= 15 is 0 Å². The van der Waals surface area contributed by atoms with E-state index in [9.17, 15) is 4.79 Å². The second-order valence-electron chi connectivity index (χ2n) is 7.83. The highest BCUT2D eigenvalue weighted by molar-refractivity contribution is 7.09. The average molecular weight is 405 g/mol. The molecule has 1 spiro atoms. The SMILES string of the molecule is O=C(NCc1cccs1)[C@H]1C[C@@]2(CO1)c1ccccc1CN2Cc1ccccc1. The molecule has 2 atom stereocenters. The van der Waals surface area contributed by atoms with Crippen LogP contribution in [0.1, 0.15) is 28.0 Å². The number of carbonyl (C=O) groups excluding carboxylic acids is 1. The zero-order valence-corrected chi connectivity index (χ0v) is 17.0. The Kier molecular flexibility index (Phi) is 4.96. The van der Waals surface area contributed by atoms with E-state index in [0.29, 0.717) is 19.6 Å². The van der Waals surface area contributed by atoms with Crippen molar-refractivity contribution >= 4 is 17.2 Å². The van der Waals surface area contributed by atoms with Crippen LogP contribution in [0.3, 0.4) is 0 Å². The lowest BCUT2D eigenvalue weighted by atomic mass is 9.86. The maximum atomic E-state index is 12.8. The molecule has 2 aliphatic rings. The van der Waals surface area contributed by atoms with Crippen LogP contribution in [0, 0.1) is 0 Å². The van der Waals surface area contributed by atoms with Crippen LogP contribution in [0.2, 0.25) is 0 Å². The Balaban J connectivity index is 1.36. The lowest BCUT2D eigenvalue weighted by Gasteiger charge is -2.34. The van der Waals surface area contributed by atoms with Crippen LogP contribution in [0.25, 0.3) is 0 Å². The molecule has 5 rings (SSSR count). The zero-order chi connectivity index (χ0) is 19.7. The van der Waals surface area contributed by atoms with Gasteiger partial charge >= 0.3 is 0 Å². The molecule has 1 N–H and O–H groups in total. The largest absolute Gasteiger partial charge is 0.366 e. The molecule has 29 heavy (non-hydrogen) atoms. The maximum Gasteiger partial charge on any atom is 0.249 e. The minimum absolute atomic E-state index is 0.0145. The predicted octanol–water partition coefficient (Wildman–Crippen LogP) is 4.06. The summed E-state index contributed by atoms with van der Waals surface area (Å²) >= 11 is 1.65. The minimum Gasteiger partial charge on any atom is -0.366 e. The molecule has 1 amide bonds. The van der Waals surface area contributed by atoms with Crippen LogP contribution < -0.4 is 5.32 Å². The average Bonchev–Trinajstić information content (AvgIpc) is 3.49. The summed E-state index contributed by atoms with van der Waals surface area (Å²) in [4.78, 5) is 16.4. The summed E-state index contributed by atoms with van der Waals surface area (Å²) in [5.74, 6) is -0.0145. The Labute approximate surface area is 175 Å². The summed E-state index contributed by atoms with van der Waals surface area (Å²) in [6.07, 6.45) is 0.270. The van der Waals surface area contributed by atoms with Crippen molar-refractivity contribution in [3.05, 3.63) is 93.7 Å². The van der Waals surface area contributed by atoms with Crippen LogP contribution in [0.15, 0.2) is 72.1 Å². The summed E-state index contributed by atoms with van der Waals surface area (Å²) in [7, 11) is 0. The molecule has 0 bridgehead atoms. The Bertz CT molecular complexity index is 989. The van der Waals surface area contributed by atoms with E-state index in [0.717, 1.165) is 18.0 Å². The summed E-state index contributed by atoms with van der Waals surface area (Å²) in [6, 6.07) is 23.2. The van der Waals surface area contributed by atoms with Gasteiger partial charge in [0.15, 0.2) is 0 Å². The van der Waals surface area contributed by atoms with Crippen molar-refractivity contribution in [1.82, 2.24) is 10.2 Å². The van der Waals surface area contributed by atoms with Gasteiger partial charge < -0.3 is 10.1 Å². The minimum atomic E-state index is -0.417. The first-order valence-corrected chi connectivity index (χ1v) is 10.9. The van der Waals surface area contributed by atoms with Gasteiger partial charge in [-0.1, -0.05) is 60.7 Å². The third kappa shape index (κ3) is 3.50. The molecule has 3 heterocycles. The Morgan fingerprint density at radius 3 is 2.76 bits per heavy atom. The summed E-state index contributed by atoms with van der Waals surface area (Å²) in [5, 5.41) is 5.08. The Hall–Kier alpha value is -2.47. The van der Waals surface area contributed by atoms with Crippen molar-refractivity contribution in [3.63, 3.8) is 0 Å². The van der Waals surface area contributed by atoms with Crippen molar-refractivity contribution in [2.75, 3.05) is 6.61 Å². The fraction of sp³-hybridized carbons (Fsp3) is 0.292. The van der Waals surface area contributed by atoms with Gasteiger partial charge in [0.25, 0.3) is 0 Å². The number of thiophene rings is 1. The van der Waals surface area contributed by atoms with E-state index in [1.54, 1.807) is 11.3 Å². The molecule has 2 aliphatic heterocycles. The second kappa shape index (κ2) is 7.75. The van der Waals surface area contributed by atoms with Gasteiger partial charge in [-0.15, -0.1) is 11.3 Å². The van der Waals surface area contributed by atoms with Gasteiger partial charge in [-0.25, -0.2) is 0 Å². The Morgan fingerprint density at radius 2 is 1.93 bits per heavy atom. The first-order chi connectivity index (χ1) is 14.2. The number of hydrogen-bond acceptors (Lipinski definition) is 4. The molecule has 1 fully saturated rings. The van der Waals surface area contributed by atoms with Crippen molar-refractivity contribution in [3.8, 4) is 0 Å². The number of fused-ring (bicyclic) bond motifs is 2. The number of amides is 1. The number of ether oxygens (including phenoxy) is 1. The second-order valence-corrected chi connectivity index (χ2v) is 8.86. The topological polar surface area (TPSA) is 41.6 Å². The van der Waals surface area contributed by atoms with Gasteiger partial charge in [0.05, 0.1) is 18.7 Å². The molecule has 1 aromatic heterocycles. The van der Waals surface area contributed by atoms with E-state index < -0.39 is 6.10 Å². The summed E-state index contributed by atoms with van der Waals surface area (Å²) in [6.45, 7) is 2.85. The van der Waals surface area contributed by atoms with Crippen molar-refractivity contribution in [1.29, 1.82) is 0 Å². The van der Waals surface area contributed by atoms with Crippen molar-refractivity contribution < 1.29 is 9.53 Å². The summed E-state index contributed by atoms with van der Waals surface area (Å²) in [5.41, 5.74) is 3.69. The van der Waals surface area contributed by atoms with Crippen LogP contribution in [0.4, 0.5) is 0 Å². The van der Waals surface area contributed by atoms with E-state index in [4.69, 9.17) is 4.74 Å². The molecule has 0 aliphatic carbocycles. The van der Waals surface area contributed by atoms with Crippen LogP contribution in [-0.4, -0.2) is 23.5 Å². The number of benzene rings is 2. The van der Waals surface area contributed by atoms with Crippen LogP contribution in [-0.2, 0) is 34.7 Å². The third-order valence-corrected chi connectivity index (χ3v) is 6.93. The first-order valence-electron chi connectivity index (χ1n) is 10.0. The lowest BCUT2D eigenvalue weighted by Crippen LogP contribution is -2.42. The van der Waals surface area contributed by atoms with Crippen LogP contribution >= 0.6 is 11.3 Å². The van der Waals surface area contributed by atoms with E-state index in [1.807, 2.05) is 23.6 Å². The van der Waals surface area contributed by atoms with Gasteiger partial charge in [0.2, 0.25) is 5.91 Å². The monoisotopic (exact) mass is 404 g/mol. The highest BCUT2D eigenvalue weighted by atomic mass is 32.1. The van der Waals surface area contributed by atoms with Crippen LogP contribution in [0.5, 0.6) is 0 Å². The quantitative estimate of drug-likeness (QED) is 0.697. The highest BCUT2D eigenvalue weighted by Gasteiger charge is 2.52. The van der Waals surface area contributed by atoms with E-state index in [1.165, 1.54) is 16.7 Å². The smallest absolute Gasteiger partial charge is 0.249 e. The Morgan fingerprint density at radius 1 is 1.10 bits per heavy atom. The third-order valence-electron chi connectivity index (χ3n) is 6.06. The standard InChI is InChI=1S/C24H24N2O2S/c27-23(25-14-20-10-6-12-29-20)22-13-24(17-28-22)21-11-5-4-9-19(21)16-26(24)15-18-7-2-1-3-8-18/h1-12,22H,13-17H2,(H,25,27)/t22-,24-/m1/s1. The molecule has 2 aromatic carbocycles. The van der Waals surface area contributed by atoms with Crippen molar-refractivity contribution in [2.45, 2.75) is 37.7 Å². The molecule has 4 nitrogen and oxygen atoms in total. The van der Waals surface area contributed by atoms with Gasteiger partial charge in [0, 0.05) is 24.4 Å². The fourth-order valence-corrected chi connectivity index (χ4v) is 5.24. The number of hydrogen-bond donors (Lipinski definition) is 1. The summed E-state index contributed by atoms with van der Waals surface area (Å²) < 4.78 is 6.10. The molecule has 148 valence electrons. The maximum absolute atomic E-state index is 12.8. The molecular weight excluding hydrogens is 380 g/mol. The molecule has 1 saturated heterocycles.